The Hall–Kier alpha value is -1.04. The first-order valence-electron chi connectivity index (χ1n) is 5.01. The fourth-order valence-corrected chi connectivity index (χ4v) is 1.49. The van der Waals surface area contributed by atoms with Crippen molar-refractivity contribution in [3.8, 4) is 0 Å². The quantitative estimate of drug-likeness (QED) is 0.599. The molecule has 3 nitrogen and oxygen atoms in total. The lowest BCUT2D eigenvalue weighted by molar-refractivity contribution is 0.182. The van der Waals surface area contributed by atoms with Crippen molar-refractivity contribution in [3.05, 3.63) is 34.9 Å². The van der Waals surface area contributed by atoms with Crippen molar-refractivity contribution >= 4 is 0 Å². The van der Waals surface area contributed by atoms with Crippen LogP contribution in [0.25, 0.3) is 0 Å². The predicted octanol–water partition coefficient (Wildman–Crippen LogP) is 1.81. The Bertz CT molecular complexity index is 358. The predicted molar refractivity (Wildman–Crippen MR) is 57.7 cm³/mol. The number of benzene rings is 1. The van der Waals surface area contributed by atoms with Gasteiger partial charge >= 0.3 is 0 Å². The number of ether oxygens (including phenoxy) is 1. The number of rotatable bonds is 5. The molecule has 3 N–H and O–H groups in total. The lowest BCUT2D eigenvalue weighted by Crippen LogP contribution is -2.29. The maximum atomic E-state index is 13.6. The zero-order chi connectivity index (χ0) is 12.1. The molecule has 0 aliphatic heterocycles. The Morgan fingerprint density at radius 3 is 2.62 bits per heavy atom. The number of hydrogen-bond acceptors (Lipinski definition) is 3. The van der Waals surface area contributed by atoms with Crippen LogP contribution in [0.4, 0.5) is 8.78 Å². The van der Waals surface area contributed by atoms with E-state index in [9.17, 15) is 8.78 Å². The fourth-order valence-electron chi connectivity index (χ4n) is 1.49. The molecule has 16 heavy (non-hydrogen) atoms. The fraction of sp³-hybridized carbons (Fsp3) is 0.455. The summed E-state index contributed by atoms with van der Waals surface area (Å²) in [5, 5.41) is 0. The van der Waals surface area contributed by atoms with Gasteiger partial charge in [-0.3, -0.25) is 11.3 Å². The van der Waals surface area contributed by atoms with Gasteiger partial charge in [-0.15, -0.1) is 0 Å². The SMILES string of the molecule is COCCC(NN)c1ccc(C)c(F)c1F. The van der Waals surface area contributed by atoms with Gasteiger partial charge in [-0.2, -0.15) is 0 Å². The van der Waals surface area contributed by atoms with Gasteiger partial charge in [0.25, 0.3) is 0 Å². The second kappa shape index (κ2) is 5.89. The molecule has 1 rings (SSSR count). The Morgan fingerprint density at radius 2 is 2.06 bits per heavy atom. The van der Waals surface area contributed by atoms with Gasteiger partial charge in [-0.05, 0) is 18.9 Å². The minimum atomic E-state index is -0.848. The summed E-state index contributed by atoms with van der Waals surface area (Å²) in [7, 11) is 1.54. The van der Waals surface area contributed by atoms with E-state index >= 15 is 0 Å². The normalized spacial score (nSPS) is 12.8. The number of hydrogen-bond donors (Lipinski definition) is 2. The van der Waals surface area contributed by atoms with Crippen molar-refractivity contribution in [2.45, 2.75) is 19.4 Å². The summed E-state index contributed by atoms with van der Waals surface area (Å²) in [6.07, 6.45) is 0.479. The molecule has 0 radical (unpaired) electrons. The van der Waals surface area contributed by atoms with E-state index in [0.717, 1.165) is 0 Å². The van der Waals surface area contributed by atoms with Crippen molar-refractivity contribution in [2.75, 3.05) is 13.7 Å². The Morgan fingerprint density at radius 1 is 1.38 bits per heavy atom. The van der Waals surface area contributed by atoms with E-state index in [0.29, 0.717) is 13.0 Å². The van der Waals surface area contributed by atoms with Crippen LogP contribution in [0.3, 0.4) is 0 Å². The Balaban J connectivity index is 2.96. The lowest BCUT2D eigenvalue weighted by atomic mass is 10.0. The van der Waals surface area contributed by atoms with Crippen LogP contribution < -0.4 is 11.3 Å². The van der Waals surface area contributed by atoms with Gasteiger partial charge in [0, 0.05) is 19.3 Å². The van der Waals surface area contributed by atoms with E-state index in [4.69, 9.17) is 10.6 Å². The van der Waals surface area contributed by atoms with Crippen molar-refractivity contribution in [2.24, 2.45) is 5.84 Å². The van der Waals surface area contributed by atoms with E-state index in [1.165, 1.54) is 19.1 Å². The van der Waals surface area contributed by atoms with Crippen LogP contribution in [0.15, 0.2) is 12.1 Å². The third-order valence-electron chi connectivity index (χ3n) is 2.49. The second-order valence-electron chi connectivity index (χ2n) is 3.60. The van der Waals surface area contributed by atoms with Crippen LogP contribution in [-0.2, 0) is 4.74 Å². The minimum Gasteiger partial charge on any atom is -0.385 e. The maximum Gasteiger partial charge on any atom is 0.163 e. The summed E-state index contributed by atoms with van der Waals surface area (Å²) in [5.41, 5.74) is 2.96. The van der Waals surface area contributed by atoms with Crippen LogP contribution in [-0.4, -0.2) is 13.7 Å². The molecule has 0 spiro atoms. The highest BCUT2D eigenvalue weighted by Crippen LogP contribution is 2.23. The van der Waals surface area contributed by atoms with Gasteiger partial charge in [0.05, 0.1) is 6.04 Å². The monoisotopic (exact) mass is 230 g/mol. The summed E-state index contributed by atoms with van der Waals surface area (Å²) in [5.74, 6) is 3.64. The second-order valence-corrected chi connectivity index (χ2v) is 3.60. The van der Waals surface area contributed by atoms with Crippen LogP contribution in [0.5, 0.6) is 0 Å². The van der Waals surface area contributed by atoms with Crippen LogP contribution in [0.1, 0.15) is 23.6 Å². The molecule has 0 fully saturated rings. The number of halogens is 2. The topological polar surface area (TPSA) is 47.3 Å². The van der Waals surface area contributed by atoms with Gasteiger partial charge in [0.1, 0.15) is 0 Å². The molecule has 0 aliphatic rings. The summed E-state index contributed by atoms with van der Waals surface area (Å²) >= 11 is 0. The van der Waals surface area contributed by atoms with E-state index in [-0.39, 0.29) is 11.1 Å². The molecule has 0 aromatic heterocycles. The van der Waals surface area contributed by atoms with Crippen LogP contribution in [0, 0.1) is 18.6 Å². The number of aryl methyl sites for hydroxylation is 1. The standard InChI is InChI=1S/C11H16F2N2O/c1-7-3-4-8(11(13)10(7)12)9(15-14)5-6-16-2/h3-4,9,15H,5-6,14H2,1-2H3. The third kappa shape index (κ3) is 2.75. The zero-order valence-corrected chi connectivity index (χ0v) is 9.39. The Labute approximate surface area is 93.6 Å². The summed E-state index contributed by atoms with van der Waals surface area (Å²) in [6, 6.07) is 2.62. The molecule has 90 valence electrons. The summed E-state index contributed by atoms with van der Waals surface area (Å²) in [6.45, 7) is 1.94. The molecule has 1 atom stereocenters. The molecule has 0 heterocycles. The van der Waals surface area contributed by atoms with Crippen LogP contribution >= 0.6 is 0 Å². The van der Waals surface area contributed by atoms with Gasteiger partial charge < -0.3 is 4.74 Å². The number of nitrogens with two attached hydrogens (primary N) is 1. The average molecular weight is 230 g/mol. The lowest BCUT2D eigenvalue weighted by Gasteiger charge is -2.17. The highest BCUT2D eigenvalue weighted by molar-refractivity contribution is 5.27. The van der Waals surface area contributed by atoms with E-state index in [2.05, 4.69) is 5.43 Å². The smallest absolute Gasteiger partial charge is 0.163 e. The highest BCUT2D eigenvalue weighted by atomic mass is 19.2. The first-order valence-corrected chi connectivity index (χ1v) is 5.01. The van der Waals surface area contributed by atoms with Gasteiger partial charge in [0.15, 0.2) is 11.6 Å². The molecule has 1 aromatic carbocycles. The van der Waals surface area contributed by atoms with Gasteiger partial charge in [-0.25, -0.2) is 8.78 Å². The maximum absolute atomic E-state index is 13.6. The average Bonchev–Trinajstić information content (AvgIpc) is 2.29. The summed E-state index contributed by atoms with van der Waals surface area (Å²) in [4.78, 5) is 0. The van der Waals surface area contributed by atoms with E-state index in [1.54, 1.807) is 7.11 Å². The number of hydrazine groups is 1. The first kappa shape index (κ1) is 13.0. The third-order valence-corrected chi connectivity index (χ3v) is 2.49. The summed E-state index contributed by atoms with van der Waals surface area (Å²) < 4.78 is 31.8. The molecule has 1 aromatic rings. The first-order chi connectivity index (χ1) is 7.61. The zero-order valence-electron chi connectivity index (χ0n) is 9.39. The largest absolute Gasteiger partial charge is 0.385 e. The molecule has 1 unspecified atom stereocenters. The van der Waals surface area contributed by atoms with Crippen molar-refractivity contribution in [1.29, 1.82) is 0 Å². The van der Waals surface area contributed by atoms with Gasteiger partial charge in [0.2, 0.25) is 0 Å². The molecule has 0 saturated carbocycles. The molecular formula is C11H16F2N2O. The van der Waals surface area contributed by atoms with Crippen molar-refractivity contribution < 1.29 is 13.5 Å². The van der Waals surface area contributed by atoms with E-state index in [1.807, 2.05) is 0 Å². The molecule has 5 heteroatoms. The van der Waals surface area contributed by atoms with Crippen molar-refractivity contribution in [1.82, 2.24) is 5.43 Å². The number of methoxy groups -OCH3 is 1. The highest BCUT2D eigenvalue weighted by Gasteiger charge is 2.18. The minimum absolute atomic E-state index is 0.225. The molecule has 0 bridgehead atoms. The van der Waals surface area contributed by atoms with Crippen molar-refractivity contribution in [3.63, 3.8) is 0 Å². The molecular weight excluding hydrogens is 214 g/mol. The van der Waals surface area contributed by atoms with Gasteiger partial charge in [-0.1, -0.05) is 12.1 Å². The molecule has 0 aliphatic carbocycles. The number of nitrogens with one attached hydrogen (secondary N) is 1. The van der Waals surface area contributed by atoms with E-state index < -0.39 is 17.7 Å². The van der Waals surface area contributed by atoms with Crippen LogP contribution in [0.2, 0.25) is 0 Å². The Kier molecular flexibility index (Phi) is 4.79. The molecule has 0 amide bonds. The molecule has 0 saturated heterocycles.